The van der Waals surface area contributed by atoms with Crippen LogP contribution in [0.4, 0.5) is 8.78 Å². The summed E-state index contributed by atoms with van der Waals surface area (Å²) in [7, 11) is 0. The average molecular weight is 482 g/mol. The van der Waals surface area contributed by atoms with E-state index in [1.54, 1.807) is 19.2 Å². The minimum atomic E-state index is -1.31. The van der Waals surface area contributed by atoms with Crippen LogP contribution in [-0.4, -0.2) is 56.2 Å². The molecular weight excluding hydrogens is 458 g/mol. The summed E-state index contributed by atoms with van der Waals surface area (Å²) in [4.78, 5) is 16.8. The summed E-state index contributed by atoms with van der Waals surface area (Å²) in [6.45, 7) is 2.96. The van der Waals surface area contributed by atoms with Gasteiger partial charge < -0.3 is 19.1 Å². The smallest absolute Gasteiger partial charge is 0.335 e. The van der Waals surface area contributed by atoms with Gasteiger partial charge in [0.25, 0.3) is 0 Å². The standard InChI is InChI=1S/C25H24F2N4O4/c1-25(24(32)33)10-15(12-35-25)20-21-19(8-14-11-28-30-23(14)29-21)31(16-2-3-17(26)18(27)9-16)22(20)13-4-6-34-7-5-13/h2-3,8-9,11,13,15H,4-7,10,12H2,1H3,(H,32,33)(H,28,29,30)/t15-,25+/m0/s1. The Balaban J connectivity index is 1.67. The van der Waals surface area contributed by atoms with Crippen LogP contribution >= 0.6 is 0 Å². The van der Waals surface area contributed by atoms with Crippen LogP contribution in [0.15, 0.2) is 30.5 Å². The molecule has 182 valence electrons. The van der Waals surface area contributed by atoms with Gasteiger partial charge in [-0.25, -0.2) is 18.6 Å². The highest BCUT2D eigenvalue weighted by Gasteiger charge is 2.46. The number of pyridine rings is 1. The van der Waals surface area contributed by atoms with Crippen molar-refractivity contribution < 1.29 is 28.2 Å². The van der Waals surface area contributed by atoms with E-state index in [1.165, 1.54) is 6.07 Å². The monoisotopic (exact) mass is 482 g/mol. The lowest BCUT2D eigenvalue weighted by molar-refractivity contribution is -0.157. The summed E-state index contributed by atoms with van der Waals surface area (Å²) >= 11 is 0. The van der Waals surface area contributed by atoms with Gasteiger partial charge in [0.05, 0.1) is 23.8 Å². The molecule has 2 aliphatic rings. The number of fused-ring (bicyclic) bond motifs is 2. The Morgan fingerprint density at radius 1 is 1.20 bits per heavy atom. The number of carbonyl (C=O) groups is 1. The van der Waals surface area contributed by atoms with Crippen LogP contribution in [0, 0.1) is 11.6 Å². The Bertz CT molecular complexity index is 1460. The molecule has 0 spiro atoms. The number of nitrogens with one attached hydrogen (secondary N) is 1. The number of rotatable bonds is 4. The minimum Gasteiger partial charge on any atom is -0.479 e. The van der Waals surface area contributed by atoms with E-state index in [4.69, 9.17) is 14.5 Å². The van der Waals surface area contributed by atoms with E-state index in [1.807, 2.05) is 10.6 Å². The molecule has 0 bridgehead atoms. The molecule has 2 saturated heterocycles. The number of H-pyrrole nitrogens is 1. The van der Waals surface area contributed by atoms with Crippen molar-refractivity contribution >= 4 is 28.0 Å². The van der Waals surface area contributed by atoms with Crippen LogP contribution in [0.3, 0.4) is 0 Å². The van der Waals surface area contributed by atoms with E-state index >= 15 is 0 Å². The van der Waals surface area contributed by atoms with Crippen molar-refractivity contribution in [2.24, 2.45) is 0 Å². The Labute approximate surface area is 198 Å². The highest BCUT2D eigenvalue weighted by Crippen LogP contribution is 2.46. The number of hydrogen-bond donors (Lipinski definition) is 2. The highest BCUT2D eigenvalue weighted by atomic mass is 19.2. The van der Waals surface area contributed by atoms with Crippen LogP contribution in [0.25, 0.3) is 27.8 Å². The molecule has 2 N–H and O–H groups in total. The van der Waals surface area contributed by atoms with Gasteiger partial charge in [-0.1, -0.05) is 0 Å². The molecule has 2 fully saturated rings. The summed E-state index contributed by atoms with van der Waals surface area (Å²) < 4.78 is 41.6. The van der Waals surface area contributed by atoms with Crippen LogP contribution in [0.5, 0.6) is 0 Å². The second-order valence-electron chi connectivity index (χ2n) is 9.53. The van der Waals surface area contributed by atoms with E-state index in [0.717, 1.165) is 41.1 Å². The summed E-state index contributed by atoms with van der Waals surface area (Å²) in [5, 5.41) is 17.5. The fourth-order valence-electron chi connectivity index (χ4n) is 5.49. The number of halogens is 2. The largest absolute Gasteiger partial charge is 0.479 e. The maximum absolute atomic E-state index is 14.4. The van der Waals surface area contributed by atoms with Crippen molar-refractivity contribution in [1.29, 1.82) is 0 Å². The SMILES string of the molecule is C[C@]1(C(=O)O)C[C@H](c2c(C3CCOCC3)n(-c3ccc(F)c(F)c3)c3cc4cn[nH]c4nc23)CO1. The Kier molecular flexibility index (Phi) is 5.12. The van der Waals surface area contributed by atoms with E-state index < -0.39 is 23.2 Å². The third-order valence-electron chi connectivity index (χ3n) is 7.29. The molecule has 4 aromatic rings. The molecule has 1 aromatic carbocycles. The fourth-order valence-corrected chi connectivity index (χ4v) is 5.49. The first-order valence-electron chi connectivity index (χ1n) is 11.6. The first-order chi connectivity index (χ1) is 16.9. The quantitative estimate of drug-likeness (QED) is 0.447. The van der Waals surface area contributed by atoms with Gasteiger partial charge in [0.1, 0.15) is 0 Å². The van der Waals surface area contributed by atoms with Gasteiger partial charge in [-0.05, 0) is 44.4 Å². The molecule has 6 rings (SSSR count). The number of hydrogen-bond acceptors (Lipinski definition) is 5. The average Bonchev–Trinajstić information content (AvgIpc) is 3.55. The van der Waals surface area contributed by atoms with Crippen molar-refractivity contribution in [1.82, 2.24) is 19.7 Å². The lowest BCUT2D eigenvalue weighted by atomic mass is 9.85. The highest BCUT2D eigenvalue weighted by molar-refractivity contribution is 5.94. The second-order valence-corrected chi connectivity index (χ2v) is 9.53. The van der Waals surface area contributed by atoms with Gasteiger partial charge in [0, 0.05) is 53.4 Å². The molecule has 0 radical (unpaired) electrons. The predicted molar refractivity (Wildman–Crippen MR) is 123 cm³/mol. The molecule has 2 atom stereocenters. The van der Waals surface area contributed by atoms with Gasteiger partial charge in [-0.15, -0.1) is 0 Å². The zero-order valence-electron chi connectivity index (χ0n) is 19.1. The van der Waals surface area contributed by atoms with Crippen molar-refractivity contribution in [3.63, 3.8) is 0 Å². The van der Waals surface area contributed by atoms with Gasteiger partial charge in [0.15, 0.2) is 22.9 Å². The third kappa shape index (κ3) is 3.51. The van der Waals surface area contributed by atoms with E-state index in [-0.39, 0.29) is 24.9 Å². The Morgan fingerprint density at radius 3 is 2.71 bits per heavy atom. The number of ether oxygens (including phenoxy) is 2. The van der Waals surface area contributed by atoms with Crippen LogP contribution in [0.2, 0.25) is 0 Å². The van der Waals surface area contributed by atoms with E-state index in [9.17, 15) is 18.7 Å². The molecule has 0 amide bonds. The topological polar surface area (TPSA) is 102 Å². The van der Waals surface area contributed by atoms with Crippen LogP contribution < -0.4 is 0 Å². The zero-order chi connectivity index (χ0) is 24.3. The van der Waals surface area contributed by atoms with Gasteiger partial charge in [-0.2, -0.15) is 5.10 Å². The molecule has 3 aromatic heterocycles. The number of carboxylic acids is 1. The molecule has 0 aliphatic carbocycles. The maximum Gasteiger partial charge on any atom is 0.335 e. The fraction of sp³-hybridized carbons (Fsp3) is 0.400. The zero-order valence-corrected chi connectivity index (χ0v) is 19.1. The summed E-state index contributed by atoms with van der Waals surface area (Å²) in [6, 6.07) is 5.79. The minimum absolute atomic E-state index is 0.0641. The van der Waals surface area contributed by atoms with Crippen LogP contribution in [-0.2, 0) is 14.3 Å². The lowest BCUT2D eigenvalue weighted by Crippen LogP contribution is -2.34. The van der Waals surface area contributed by atoms with Crippen molar-refractivity contribution in [2.45, 2.75) is 43.6 Å². The first-order valence-corrected chi connectivity index (χ1v) is 11.6. The summed E-state index contributed by atoms with van der Waals surface area (Å²) in [5.74, 6) is -3.05. The maximum atomic E-state index is 14.4. The van der Waals surface area contributed by atoms with Gasteiger partial charge in [0.2, 0.25) is 0 Å². The first kappa shape index (κ1) is 22.1. The van der Waals surface area contributed by atoms with Gasteiger partial charge in [-0.3, -0.25) is 5.10 Å². The second kappa shape index (κ2) is 8.10. The van der Waals surface area contributed by atoms with Crippen molar-refractivity contribution in [2.75, 3.05) is 19.8 Å². The van der Waals surface area contributed by atoms with Crippen molar-refractivity contribution in [3.05, 3.63) is 53.4 Å². The Hall–Kier alpha value is -3.37. The molecule has 2 aliphatic heterocycles. The number of aliphatic carboxylic acids is 1. The normalized spacial score (nSPS) is 23.5. The molecule has 8 nitrogen and oxygen atoms in total. The van der Waals surface area contributed by atoms with Gasteiger partial charge >= 0.3 is 5.97 Å². The number of benzene rings is 1. The summed E-state index contributed by atoms with van der Waals surface area (Å²) in [5.41, 5.74) is 2.97. The molecule has 5 heterocycles. The lowest BCUT2D eigenvalue weighted by Gasteiger charge is -2.26. The molecule has 0 unspecified atom stereocenters. The Morgan fingerprint density at radius 2 is 2.00 bits per heavy atom. The third-order valence-corrected chi connectivity index (χ3v) is 7.29. The van der Waals surface area contributed by atoms with E-state index in [0.29, 0.717) is 30.1 Å². The number of aromatic amines is 1. The molecular formula is C25H24F2N4O4. The molecule has 0 saturated carbocycles. The van der Waals surface area contributed by atoms with E-state index in [2.05, 4.69) is 10.2 Å². The van der Waals surface area contributed by atoms with Crippen molar-refractivity contribution in [3.8, 4) is 5.69 Å². The number of aromatic nitrogens is 4. The van der Waals surface area contributed by atoms with Crippen LogP contribution in [0.1, 0.15) is 49.3 Å². The molecule has 35 heavy (non-hydrogen) atoms. The summed E-state index contributed by atoms with van der Waals surface area (Å²) in [6.07, 6.45) is 3.43. The number of nitrogens with zero attached hydrogens (tertiary/aromatic N) is 3. The molecule has 10 heteroatoms. The predicted octanol–water partition coefficient (Wildman–Crippen LogP) is 4.42. The number of carboxylic acid groups (broad SMARTS) is 1.